The standard InChI is InChI=1S/C21H22N2O5/c1-13(23-19(24)15-9-5-6-10-16(15)20(23)25)21(26)27-12-18-22-11-17(28-18)14-7-3-2-4-8-14/h2-4,7-8,11,13,15-16H,5-6,9-10,12H2,1H3/t13-,15-,16-/m0/s1. The summed E-state index contributed by atoms with van der Waals surface area (Å²) in [7, 11) is 0. The molecule has 1 aromatic carbocycles. The van der Waals surface area contributed by atoms with E-state index in [1.54, 1.807) is 6.20 Å². The third-order valence-electron chi connectivity index (χ3n) is 5.55. The van der Waals surface area contributed by atoms with E-state index in [-0.39, 0.29) is 36.1 Å². The van der Waals surface area contributed by atoms with Gasteiger partial charge >= 0.3 is 5.97 Å². The van der Waals surface area contributed by atoms with E-state index in [4.69, 9.17) is 9.15 Å². The maximum Gasteiger partial charge on any atom is 0.329 e. The minimum absolute atomic E-state index is 0.154. The molecule has 1 saturated carbocycles. The highest BCUT2D eigenvalue weighted by Gasteiger charge is 2.51. The Morgan fingerprint density at radius 2 is 1.82 bits per heavy atom. The van der Waals surface area contributed by atoms with Crippen LogP contribution in [0.4, 0.5) is 0 Å². The Labute approximate surface area is 162 Å². The van der Waals surface area contributed by atoms with E-state index < -0.39 is 12.0 Å². The van der Waals surface area contributed by atoms with Crippen LogP contribution in [-0.4, -0.2) is 33.7 Å². The van der Waals surface area contributed by atoms with Crippen molar-refractivity contribution in [2.24, 2.45) is 11.8 Å². The molecular weight excluding hydrogens is 360 g/mol. The molecule has 4 rings (SSSR count). The van der Waals surface area contributed by atoms with Crippen LogP contribution in [0, 0.1) is 11.8 Å². The van der Waals surface area contributed by atoms with Crippen molar-refractivity contribution in [1.29, 1.82) is 0 Å². The molecule has 3 atom stereocenters. The molecule has 0 radical (unpaired) electrons. The van der Waals surface area contributed by atoms with Gasteiger partial charge in [0.05, 0.1) is 18.0 Å². The summed E-state index contributed by atoms with van der Waals surface area (Å²) in [5, 5.41) is 0. The third kappa shape index (κ3) is 3.32. The number of aromatic nitrogens is 1. The molecule has 0 bridgehead atoms. The predicted molar refractivity (Wildman–Crippen MR) is 98.5 cm³/mol. The predicted octanol–water partition coefficient (Wildman–Crippen LogP) is 2.95. The maximum absolute atomic E-state index is 12.6. The first-order chi connectivity index (χ1) is 13.6. The number of fused-ring (bicyclic) bond motifs is 1. The molecule has 1 aromatic heterocycles. The highest BCUT2D eigenvalue weighted by molar-refractivity contribution is 6.07. The smallest absolute Gasteiger partial charge is 0.329 e. The van der Waals surface area contributed by atoms with Crippen molar-refractivity contribution < 1.29 is 23.5 Å². The van der Waals surface area contributed by atoms with Crippen molar-refractivity contribution in [1.82, 2.24) is 9.88 Å². The van der Waals surface area contributed by atoms with Gasteiger partial charge in [0.1, 0.15) is 6.04 Å². The molecule has 0 unspecified atom stereocenters. The zero-order chi connectivity index (χ0) is 19.7. The number of hydrogen-bond acceptors (Lipinski definition) is 6. The number of carbonyl (C=O) groups is 3. The van der Waals surface area contributed by atoms with E-state index >= 15 is 0 Å². The molecule has 0 spiro atoms. The summed E-state index contributed by atoms with van der Waals surface area (Å²) in [6.45, 7) is 1.37. The maximum atomic E-state index is 12.6. The molecular formula is C21H22N2O5. The minimum Gasteiger partial charge on any atom is -0.454 e. The highest BCUT2D eigenvalue weighted by atomic mass is 16.5. The second kappa shape index (κ2) is 7.58. The van der Waals surface area contributed by atoms with Crippen LogP contribution in [0.1, 0.15) is 38.5 Å². The van der Waals surface area contributed by atoms with Crippen molar-refractivity contribution in [3.05, 3.63) is 42.4 Å². The summed E-state index contributed by atoms with van der Waals surface area (Å²) in [6.07, 6.45) is 4.89. The quantitative estimate of drug-likeness (QED) is 0.583. The number of rotatable bonds is 5. The Morgan fingerprint density at radius 3 is 2.46 bits per heavy atom. The molecule has 2 aromatic rings. The molecule has 2 aliphatic rings. The fraction of sp³-hybridized carbons (Fsp3) is 0.429. The average molecular weight is 382 g/mol. The monoisotopic (exact) mass is 382 g/mol. The van der Waals surface area contributed by atoms with Crippen molar-refractivity contribution in [2.75, 3.05) is 0 Å². The zero-order valence-electron chi connectivity index (χ0n) is 15.7. The van der Waals surface area contributed by atoms with Crippen LogP contribution in [0.15, 0.2) is 40.9 Å². The van der Waals surface area contributed by atoms with E-state index in [0.29, 0.717) is 18.6 Å². The topological polar surface area (TPSA) is 89.7 Å². The zero-order valence-corrected chi connectivity index (χ0v) is 15.7. The SMILES string of the molecule is C[C@@H](C(=O)OCc1ncc(-c2ccccc2)o1)N1C(=O)[C@H]2CCCC[C@@H]2C1=O. The molecule has 2 amide bonds. The van der Waals surface area contributed by atoms with Gasteiger partial charge in [-0.3, -0.25) is 14.5 Å². The lowest BCUT2D eigenvalue weighted by Crippen LogP contribution is -2.44. The number of imide groups is 1. The van der Waals surface area contributed by atoms with Crippen LogP contribution in [0.2, 0.25) is 0 Å². The molecule has 1 aliphatic heterocycles. The average Bonchev–Trinajstić information content (AvgIpc) is 3.30. The van der Waals surface area contributed by atoms with Gasteiger partial charge in [0.15, 0.2) is 12.4 Å². The molecule has 0 N–H and O–H groups in total. The van der Waals surface area contributed by atoms with E-state index in [0.717, 1.165) is 23.3 Å². The molecule has 2 fully saturated rings. The Hall–Kier alpha value is -2.96. The summed E-state index contributed by atoms with van der Waals surface area (Å²) in [6, 6.07) is 8.52. The van der Waals surface area contributed by atoms with Crippen molar-refractivity contribution in [3.8, 4) is 11.3 Å². The molecule has 1 saturated heterocycles. The number of amides is 2. The van der Waals surface area contributed by atoms with Crippen LogP contribution in [0.3, 0.4) is 0 Å². The largest absolute Gasteiger partial charge is 0.454 e. The van der Waals surface area contributed by atoms with Gasteiger partial charge in [-0.1, -0.05) is 43.2 Å². The van der Waals surface area contributed by atoms with Crippen molar-refractivity contribution >= 4 is 17.8 Å². The van der Waals surface area contributed by atoms with E-state index in [1.807, 2.05) is 30.3 Å². The van der Waals surface area contributed by atoms with Crippen LogP contribution in [-0.2, 0) is 25.7 Å². The van der Waals surface area contributed by atoms with Crippen LogP contribution in [0.25, 0.3) is 11.3 Å². The Kier molecular flexibility index (Phi) is 4.98. The second-order valence-corrected chi connectivity index (χ2v) is 7.31. The number of esters is 1. The summed E-state index contributed by atoms with van der Waals surface area (Å²) < 4.78 is 10.9. The lowest BCUT2D eigenvalue weighted by molar-refractivity contribution is -0.159. The number of benzene rings is 1. The summed E-state index contributed by atoms with van der Waals surface area (Å²) in [4.78, 5) is 42.8. The number of ether oxygens (including phenoxy) is 1. The fourth-order valence-corrected chi connectivity index (χ4v) is 4.04. The van der Waals surface area contributed by atoms with Gasteiger partial charge < -0.3 is 9.15 Å². The molecule has 2 heterocycles. The number of likely N-dealkylation sites (tertiary alicyclic amines) is 1. The first-order valence-corrected chi connectivity index (χ1v) is 9.60. The number of oxazole rings is 1. The molecule has 28 heavy (non-hydrogen) atoms. The van der Waals surface area contributed by atoms with Gasteiger partial charge in [0, 0.05) is 5.56 Å². The molecule has 7 nitrogen and oxygen atoms in total. The summed E-state index contributed by atoms with van der Waals surface area (Å²) in [5.74, 6) is -0.864. The number of carbonyl (C=O) groups excluding carboxylic acids is 3. The lowest BCUT2D eigenvalue weighted by Gasteiger charge is -2.21. The first kappa shape index (κ1) is 18.4. The van der Waals surface area contributed by atoms with Crippen LogP contribution < -0.4 is 0 Å². The summed E-state index contributed by atoms with van der Waals surface area (Å²) in [5.41, 5.74) is 0.872. The lowest BCUT2D eigenvalue weighted by atomic mass is 9.81. The number of nitrogens with zero attached hydrogens (tertiary/aromatic N) is 2. The Bertz CT molecular complexity index is 867. The van der Waals surface area contributed by atoms with Gasteiger partial charge in [0.25, 0.3) is 0 Å². The van der Waals surface area contributed by atoms with Gasteiger partial charge in [-0.05, 0) is 19.8 Å². The van der Waals surface area contributed by atoms with E-state index in [2.05, 4.69) is 4.98 Å². The highest BCUT2D eigenvalue weighted by Crippen LogP contribution is 2.39. The van der Waals surface area contributed by atoms with Gasteiger partial charge in [0.2, 0.25) is 17.7 Å². The Balaban J connectivity index is 1.38. The second-order valence-electron chi connectivity index (χ2n) is 7.31. The van der Waals surface area contributed by atoms with Gasteiger partial charge in [-0.25, -0.2) is 9.78 Å². The minimum atomic E-state index is -0.950. The van der Waals surface area contributed by atoms with E-state index in [1.165, 1.54) is 6.92 Å². The van der Waals surface area contributed by atoms with E-state index in [9.17, 15) is 14.4 Å². The summed E-state index contributed by atoms with van der Waals surface area (Å²) >= 11 is 0. The van der Waals surface area contributed by atoms with Gasteiger partial charge in [-0.15, -0.1) is 0 Å². The first-order valence-electron chi connectivity index (χ1n) is 9.60. The molecule has 1 aliphatic carbocycles. The van der Waals surface area contributed by atoms with Crippen molar-refractivity contribution in [2.45, 2.75) is 45.3 Å². The van der Waals surface area contributed by atoms with Crippen LogP contribution >= 0.6 is 0 Å². The number of hydrogen-bond donors (Lipinski definition) is 0. The van der Waals surface area contributed by atoms with Crippen molar-refractivity contribution in [3.63, 3.8) is 0 Å². The Morgan fingerprint density at radius 1 is 1.18 bits per heavy atom. The van der Waals surface area contributed by atoms with Crippen LogP contribution in [0.5, 0.6) is 0 Å². The molecule has 146 valence electrons. The normalized spacial score (nSPS) is 22.8. The third-order valence-corrected chi connectivity index (χ3v) is 5.55. The van der Waals surface area contributed by atoms with Gasteiger partial charge in [-0.2, -0.15) is 0 Å². The molecule has 7 heteroatoms. The fourth-order valence-electron chi connectivity index (χ4n) is 4.04.